The van der Waals surface area contributed by atoms with Crippen molar-refractivity contribution in [3.63, 3.8) is 0 Å². The van der Waals surface area contributed by atoms with Crippen molar-refractivity contribution in [2.45, 2.75) is 38.8 Å². The third-order valence-electron chi connectivity index (χ3n) is 6.86. The number of imidazole rings is 1. The summed E-state index contributed by atoms with van der Waals surface area (Å²) >= 11 is 6.78. The van der Waals surface area contributed by atoms with Crippen molar-refractivity contribution in [1.29, 1.82) is 0 Å². The molecule has 5 aromatic rings. The monoisotopic (exact) mass is 556 g/mol. The Morgan fingerprint density at radius 2 is 1.85 bits per heavy atom. The number of carboxylic acids is 1. The summed E-state index contributed by atoms with van der Waals surface area (Å²) in [5.41, 5.74) is 5.13. The molecule has 0 aliphatic carbocycles. The van der Waals surface area contributed by atoms with Crippen LogP contribution in [0.5, 0.6) is 0 Å². The zero-order valence-electron chi connectivity index (χ0n) is 22.2. The van der Waals surface area contributed by atoms with Gasteiger partial charge in [0.1, 0.15) is 11.9 Å². The molecule has 1 unspecified atom stereocenters. The van der Waals surface area contributed by atoms with Crippen LogP contribution in [0.15, 0.2) is 72.8 Å². The fraction of sp³-hybridized carbons (Fsp3) is 0.233. The number of tetrazole rings is 1. The number of halogens is 1. The summed E-state index contributed by atoms with van der Waals surface area (Å²) in [5, 5.41) is 24.8. The average molecular weight is 557 g/mol. The molecule has 0 saturated carbocycles. The van der Waals surface area contributed by atoms with Crippen molar-refractivity contribution in [1.82, 2.24) is 30.2 Å². The Labute approximate surface area is 236 Å². The minimum Gasteiger partial charge on any atom is -0.478 e. The molecule has 0 aliphatic heterocycles. The van der Waals surface area contributed by atoms with Gasteiger partial charge in [0.2, 0.25) is 0 Å². The van der Waals surface area contributed by atoms with Gasteiger partial charge in [0.05, 0.1) is 11.3 Å². The van der Waals surface area contributed by atoms with Gasteiger partial charge in [-0.15, -0.1) is 5.10 Å². The van der Waals surface area contributed by atoms with Gasteiger partial charge in [-0.3, -0.25) is 0 Å². The van der Waals surface area contributed by atoms with E-state index in [0.717, 1.165) is 40.9 Å². The molecular formula is C30H29ClN6O3. The molecule has 0 amide bonds. The van der Waals surface area contributed by atoms with Gasteiger partial charge in [-0.05, 0) is 45.7 Å². The van der Waals surface area contributed by atoms with Crippen LogP contribution < -0.4 is 0 Å². The molecule has 1 atom stereocenters. The summed E-state index contributed by atoms with van der Waals surface area (Å²) in [6.45, 7) is 2.56. The van der Waals surface area contributed by atoms with Gasteiger partial charge in [0.25, 0.3) is 0 Å². The van der Waals surface area contributed by atoms with Gasteiger partial charge in [-0.25, -0.2) is 14.9 Å². The maximum absolute atomic E-state index is 12.0. The average Bonchev–Trinajstić information content (AvgIpc) is 3.62. The van der Waals surface area contributed by atoms with Crippen LogP contribution >= 0.6 is 11.6 Å². The highest BCUT2D eigenvalue weighted by atomic mass is 35.5. The van der Waals surface area contributed by atoms with Crippen LogP contribution in [0, 0.1) is 0 Å². The number of aromatic nitrogens is 6. The van der Waals surface area contributed by atoms with Gasteiger partial charge in [0, 0.05) is 31.2 Å². The predicted octanol–water partition coefficient (Wildman–Crippen LogP) is 6.21. The third-order valence-corrected chi connectivity index (χ3v) is 7.14. The number of aromatic amines is 1. The maximum atomic E-state index is 12.0. The Bertz CT molecular complexity index is 1600. The number of rotatable bonds is 11. The quantitative estimate of drug-likeness (QED) is 0.198. The van der Waals surface area contributed by atoms with E-state index < -0.39 is 12.1 Å². The number of aromatic carboxylic acids is 1. The summed E-state index contributed by atoms with van der Waals surface area (Å²) in [6.07, 6.45) is 1.90. The fourth-order valence-corrected chi connectivity index (χ4v) is 5.25. The number of unbranched alkanes of at least 4 members (excludes halogenated alkanes) is 1. The maximum Gasteiger partial charge on any atom is 0.336 e. The van der Waals surface area contributed by atoms with E-state index in [1.165, 1.54) is 0 Å². The van der Waals surface area contributed by atoms with E-state index in [9.17, 15) is 9.90 Å². The molecule has 0 aliphatic rings. The predicted molar refractivity (Wildman–Crippen MR) is 152 cm³/mol. The van der Waals surface area contributed by atoms with Crippen LogP contribution in [0.2, 0.25) is 5.15 Å². The molecule has 0 radical (unpaired) electrons. The second-order valence-electron chi connectivity index (χ2n) is 9.40. The Morgan fingerprint density at radius 1 is 1.07 bits per heavy atom. The smallest absolute Gasteiger partial charge is 0.336 e. The summed E-state index contributed by atoms with van der Waals surface area (Å²) in [6, 6.07) is 23.0. The van der Waals surface area contributed by atoms with E-state index in [-0.39, 0.29) is 5.56 Å². The molecule has 0 fully saturated rings. The van der Waals surface area contributed by atoms with Crippen molar-refractivity contribution in [3.8, 4) is 22.5 Å². The van der Waals surface area contributed by atoms with E-state index in [1.807, 2.05) is 34.9 Å². The van der Waals surface area contributed by atoms with Crippen molar-refractivity contribution in [2.24, 2.45) is 0 Å². The first-order valence-electron chi connectivity index (χ1n) is 13.0. The van der Waals surface area contributed by atoms with Crippen molar-refractivity contribution in [3.05, 3.63) is 106 Å². The van der Waals surface area contributed by atoms with E-state index in [4.69, 9.17) is 21.3 Å². The second kappa shape index (κ2) is 12.2. The molecule has 9 nitrogen and oxygen atoms in total. The fourth-order valence-electron chi connectivity index (χ4n) is 4.95. The van der Waals surface area contributed by atoms with Gasteiger partial charge >= 0.3 is 5.97 Å². The SMILES string of the molecule is CCCCc1nc(Cl)c(C(OC)c2ccccc2C(=O)O)n1Cc1ccc(-c2ccccc2)c(-c2nnn[nH]2)c1. The summed E-state index contributed by atoms with van der Waals surface area (Å²) in [5.74, 6) is 0.334. The van der Waals surface area contributed by atoms with Crippen LogP contribution in [-0.2, 0) is 17.7 Å². The Morgan fingerprint density at radius 3 is 2.55 bits per heavy atom. The van der Waals surface area contributed by atoms with Crippen LogP contribution in [0.25, 0.3) is 22.5 Å². The Hall–Kier alpha value is -4.34. The standard InChI is InChI=1S/C30H29ClN6O3/c1-3-4-14-25-32-28(31)26(27(40-2)22-12-8-9-13-23(22)30(38)39)37(25)18-19-15-16-21(20-10-6-5-7-11-20)24(17-19)29-33-35-36-34-29/h5-13,15-17,27H,3-4,14,18H2,1-2H3,(H,38,39)(H,33,34,35,36). The lowest BCUT2D eigenvalue weighted by Gasteiger charge is -2.22. The normalized spacial score (nSPS) is 12.0. The number of carboxylic acid groups (broad SMARTS) is 1. The number of benzene rings is 3. The third kappa shape index (κ3) is 5.52. The van der Waals surface area contributed by atoms with Gasteiger partial charge in [-0.2, -0.15) is 0 Å². The number of carbonyl (C=O) groups is 1. The highest BCUT2D eigenvalue weighted by molar-refractivity contribution is 6.30. The number of H-pyrrole nitrogens is 1. The molecule has 2 heterocycles. The molecule has 2 aromatic heterocycles. The molecule has 0 spiro atoms. The molecule has 204 valence electrons. The van der Waals surface area contributed by atoms with Crippen molar-refractivity contribution in [2.75, 3.05) is 7.11 Å². The first kappa shape index (κ1) is 27.2. The number of methoxy groups -OCH3 is 1. The van der Waals surface area contributed by atoms with E-state index in [1.54, 1.807) is 31.4 Å². The summed E-state index contributed by atoms with van der Waals surface area (Å²) < 4.78 is 7.96. The number of ether oxygens (including phenoxy) is 1. The highest BCUT2D eigenvalue weighted by Crippen LogP contribution is 2.36. The van der Waals surface area contributed by atoms with Crippen LogP contribution in [0.3, 0.4) is 0 Å². The zero-order chi connectivity index (χ0) is 28.1. The Balaban J connectivity index is 1.63. The summed E-state index contributed by atoms with van der Waals surface area (Å²) in [4.78, 5) is 16.8. The number of aryl methyl sites for hydroxylation is 1. The first-order valence-corrected chi connectivity index (χ1v) is 13.4. The lowest BCUT2D eigenvalue weighted by atomic mass is 9.96. The lowest BCUT2D eigenvalue weighted by Crippen LogP contribution is -2.17. The van der Waals surface area contributed by atoms with Crippen LogP contribution in [0.1, 0.15) is 58.9 Å². The van der Waals surface area contributed by atoms with Gasteiger partial charge < -0.3 is 14.4 Å². The molecule has 2 N–H and O–H groups in total. The van der Waals surface area contributed by atoms with Crippen LogP contribution in [-0.4, -0.2) is 48.4 Å². The number of hydrogen-bond acceptors (Lipinski definition) is 6. The number of nitrogens with zero attached hydrogens (tertiary/aromatic N) is 5. The van der Waals surface area contributed by atoms with E-state index in [0.29, 0.717) is 35.2 Å². The van der Waals surface area contributed by atoms with Crippen molar-refractivity contribution >= 4 is 17.6 Å². The van der Waals surface area contributed by atoms with E-state index >= 15 is 0 Å². The number of nitrogens with one attached hydrogen (secondary N) is 1. The molecule has 10 heteroatoms. The molecular weight excluding hydrogens is 528 g/mol. The molecule has 5 rings (SSSR count). The van der Waals surface area contributed by atoms with Crippen LogP contribution in [0.4, 0.5) is 0 Å². The summed E-state index contributed by atoms with van der Waals surface area (Å²) in [7, 11) is 1.55. The Kier molecular flexibility index (Phi) is 8.33. The van der Waals surface area contributed by atoms with Gasteiger partial charge in [0.15, 0.2) is 11.0 Å². The zero-order valence-corrected chi connectivity index (χ0v) is 23.0. The minimum atomic E-state index is -1.03. The lowest BCUT2D eigenvalue weighted by molar-refractivity contribution is 0.0686. The second-order valence-corrected chi connectivity index (χ2v) is 9.76. The van der Waals surface area contributed by atoms with Crippen molar-refractivity contribution < 1.29 is 14.6 Å². The number of hydrogen-bond donors (Lipinski definition) is 2. The molecule has 3 aromatic carbocycles. The highest BCUT2D eigenvalue weighted by Gasteiger charge is 2.28. The van der Waals surface area contributed by atoms with Gasteiger partial charge in [-0.1, -0.05) is 85.6 Å². The topological polar surface area (TPSA) is 119 Å². The first-order chi connectivity index (χ1) is 19.5. The largest absolute Gasteiger partial charge is 0.478 e. The molecule has 0 saturated heterocycles. The molecule has 0 bridgehead atoms. The van der Waals surface area contributed by atoms with E-state index in [2.05, 4.69) is 45.7 Å². The molecule has 40 heavy (non-hydrogen) atoms. The minimum absolute atomic E-state index is 0.153.